The van der Waals surface area contributed by atoms with E-state index in [1.165, 1.54) is 0 Å². The number of carbonyl (C=O) groups excluding carboxylic acids is 1. The molecule has 0 saturated heterocycles. The Morgan fingerprint density at radius 1 is 1.17 bits per heavy atom. The Morgan fingerprint density at radius 2 is 1.91 bits per heavy atom. The third-order valence-corrected chi connectivity index (χ3v) is 3.90. The quantitative estimate of drug-likeness (QED) is 0.786. The van der Waals surface area contributed by atoms with E-state index in [9.17, 15) is 4.79 Å². The van der Waals surface area contributed by atoms with Gasteiger partial charge in [-0.05, 0) is 42.7 Å². The third kappa shape index (κ3) is 5.77. The lowest BCUT2D eigenvalue weighted by atomic mass is 10.1. The van der Waals surface area contributed by atoms with E-state index in [0.29, 0.717) is 31.0 Å². The molecular weight excluding hydrogens is 331 g/mol. The summed E-state index contributed by atoms with van der Waals surface area (Å²) in [5, 5.41) is 0.693. The topological polar surface area (TPSA) is 46.3 Å². The first-order valence-electron chi connectivity index (χ1n) is 7.45. The van der Waals surface area contributed by atoms with Crippen LogP contribution in [0.1, 0.15) is 24.5 Å². The van der Waals surface area contributed by atoms with Gasteiger partial charge in [-0.15, -0.1) is 12.4 Å². The number of nitrogen functional groups attached to an aromatic ring is 1. The number of nitrogens with zero attached hydrogens (tertiary/aromatic N) is 1. The number of halogens is 2. The molecule has 3 nitrogen and oxygen atoms in total. The molecule has 124 valence electrons. The highest BCUT2D eigenvalue weighted by atomic mass is 35.5. The van der Waals surface area contributed by atoms with E-state index in [-0.39, 0.29) is 18.3 Å². The van der Waals surface area contributed by atoms with Crippen molar-refractivity contribution in [2.45, 2.75) is 26.3 Å². The van der Waals surface area contributed by atoms with E-state index in [1.54, 1.807) is 0 Å². The van der Waals surface area contributed by atoms with Gasteiger partial charge in [0.15, 0.2) is 0 Å². The number of hydrogen-bond acceptors (Lipinski definition) is 2. The maximum atomic E-state index is 12.4. The smallest absolute Gasteiger partial charge is 0.223 e. The molecule has 0 aliphatic rings. The molecule has 0 radical (unpaired) electrons. The Labute approximate surface area is 148 Å². The zero-order valence-corrected chi connectivity index (χ0v) is 14.7. The highest BCUT2D eigenvalue weighted by molar-refractivity contribution is 6.30. The maximum Gasteiger partial charge on any atom is 0.223 e. The number of para-hydroxylation sites is 1. The first kappa shape index (κ1) is 19.3. The Balaban J connectivity index is 0.00000264. The summed E-state index contributed by atoms with van der Waals surface area (Å²) in [6.45, 7) is 3.25. The Hall–Kier alpha value is -1.71. The highest BCUT2D eigenvalue weighted by Gasteiger charge is 2.13. The van der Waals surface area contributed by atoms with E-state index in [4.69, 9.17) is 17.3 Å². The molecule has 2 aromatic carbocycles. The van der Waals surface area contributed by atoms with Gasteiger partial charge in [-0.25, -0.2) is 0 Å². The van der Waals surface area contributed by atoms with Crippen molar-refractivity contribution in [3.8, 4) is 0 Å². The molecule has 0 heterocycles. The van der Waals surface area contributed by atoms with Crippen molar-refractivity contribution in [3.63, 3.8) is 0 Å². The number of anilines is 1. The third-order valence-electron chi connectivity index (χ3n) is 3.66. The summed E-state index contributed by atoms with van der Waals surface area (Å²) >= 11 is 5.99. The minimum atomic E-state index is 0. The molecule has 0 aromatic heterocycles. The predicted octanol–water partition coefficient (Wildman–Crippen LogP) is 4.33. The molecule has 2 N–H and O–H groups in total. The van der Waals surface area contributed by atoms with Gasteiger partial charge in [0.05, 0.1) is 0 Å². The maximum absolute atomic E-state index is 12.4. The highest BCUT2D eigenvalue weighted by Crippen LogP contribution is 2.16. The predicted molar refractivity (Wildman–Crippen MR) is 99.0 cm³/mol. The fourth-order valence-electron chi connectivity index (χ4n) is 2.39. The number of benzene rings is 2. The van der Waals surface area contributed by atoms with Gasteiger partial charge in [0, 0.05) is 30.2 Å². The van der Waals surface area contributed by atoms with Crippen LogP contribution >= 0.6 is 24.0 Å². The largest absolute Gasteiger partial charge is 0.399 e. The van der Waals surface area contributed by atoms with Crippen LogP contribution in [-0.2, 0) is 17.8 Å². The summed E-state index contributed by atoms with van der Waals surface area (Å²) in [6, 6.07) is 15.3. The lowest BCUT2D eigenvalue weighted by Gasteiger charge is -2.21. The van der Waals surface area contributed by atoms with Crippen LogP contribution in [0.5, 0.6) is 0 Å². The molecule has 23 heavy (non-hydrogen) atoms. The lowest BCUT2D eigenvalue weighted by molar-refractivity contribution is -0.131. The molecule has 0 saturated carbocycles. The molecule has 1 amide bonds. The van der Waals surface area contributed by atoms with Crippen molar-refractivity contribution >= 4 is 35.6 Å². The van der Waals surface area contributed by atoms with E-state index in [1.807, 2.05) is 60.4 Å². The fourth-order valence-corrected chi connectivity index (χ4v) is 2.61. The number of rotatable bonds is 6. The van der Waals surface area contributed by atoms with E-state index >= 15 is 0 Å². The minimum Gasteiger partial charge on any atom is -0.399 e. The van der Waals surface area contributed by atoms with Crippen molar-refractivity contribution in [2.24, 2.45) is 0 Å². The van der Waals surface area contributed by atoms with Crippen molar-refractivity contribution in [1.29, 1.82) is 0 Å². The lowest BCUT2D eigenvalue weighted by Crippen LogP contribution is -2.30. The molecule has 2 rings (SSSR count). The summed E-state index contributed by atoms with van der Waals surface area (Å²) in [7, 11) is 0. The molecule has 0 fully saturated rings. The first-order valence-corrected chi connectivity index (χ1v) is 7.83. The Morgan fingerprint density at radius 3 is 2.57 bits per heavy atom. The summed E-state index contributed by atoms with van der Waals surface area (Å²) in [6.07, 6.45) is 1.13. The second-order valence-electron chi connectivity index (χ2n) is 5.24. The summed E-state index contributed by atoms with van der Waals surface area (Å²) in [5.74, 6) is 0.130. The zero-order chi connectivity index (χ0) is 15.9. The van der Waals surface area contributed by atoms with Gasteiger partial charge in [0.25, 0.3) is 0 Å². The van der Waals surface area contributed by atoms with Gasteiger partial charge < -0.3 is 10.6 Å². The monoisotopic (exact) mass is 352 g/mol. The zero-order valence-electron chi connectivity index (χ0n) is 13.2. The van der Waals surface area contributed by atoms with Crippen LogP contribution in [0.2, 0.25) is 5.02 Å². The molecule has 0 aliphatic carbocycles. The Kier molecular flexibility index (Phi) is 7.93. The van der Waals surface area contributed by atoms with Crippen molar-refractivity contribution in [1.82, 2.24) is 4.90 Å². The van der Waals surface area contributed by atoms with Crippen LogP contribution in [0.25, 0.3) is 0 Å². The van der Waals surface area contributed by atoms with Crippen LogP contribution in [0.3, 0.4) is 0 Å². The summed E-state index contributed by atoms with van der Waals surface area (Å²) < 4.78 is 0. The van der Waals surface area contributed by atoms with Gasteiger partial charge in [0.2, 0.25) is 5.91 Å². The average molecular weight is 353 g/mol. The van der Waals surface area contributed by atoms with Crippen LogP contribution in [0, 0.1) is 0 Å². The van der Waals surface area contributed by atoms with Gasteiger partial charge in [0.1, 0.15) is 0 Å². The van der Waals surface area contributed by atoms with Gasteiger partial charge >= 0.3 is 0 Å². The first-order chi connectivity index (χ1) is 10.6. The SMILES string of the molecule is CCN(Cc1cccc(Cl)c1)C(=O)CCc1ccccc1N.Cl. The molecule has 5 heteroatoms. The second kappa shape index (κ2) is 9.43. The number of carbonyl (C=O) groups is 1. The Bertz CT molecular complexity index is 646. The van der Waals surface area contributed by atoms with Crippen LogP contribution in [0.4, 0.5) is 5.69 Å². The van der Waals surface area contributed by atoms with Gasteiger partial charge in [-0.3, -0.25) is 4.79 Å². The van der Waals surface area contributed by atoms with Crippen LogP contribution < -0.4 is 5.73 Å². The molecule has 0 atom stereocenters. The normalized spacial score (nSPS) is 10.0. The number of amides is 1. The van der Waals surface area contributed by atoms with Gasteiger partial charge in [-0.2, -0.15) is 0 Å². The van der Waals surface area contributed by atoms with E-state index in [0.717, 1.165) is 16.8 Å². The summed E-state index contributed by atoms with van der Waals surface area (Å²) in [4.78, 5) is 14.2. The number of nitrogens with two attached hydrogens (primary N) is 1. The standard InChI is InChI=1S/C18H21ClN2O.ClH/c1-2-21(13-14-6-5-8-16(19)12-14)18(22)11-10-15-7-3-4-9-17(15)20;/h3-9,12H,2,10-11,13,20H2,1H3;1H. The van der Waals surface area contributed by atoms with Crippen molar-refractivity contribution < 1.29 is 4.79 Å². The molecule has 2 aromatic rings. The molecule has 0 bridgehead atoms. The molecule has 0 aliphatic heterocycles. The van der Waals surface area contributed by atoms with Crippen molar-refractivity contribution in [2.75, 3.05) is 12.3 Å². The fraction of sp³-hybridized carbons (Fsp3) is 0.278. The van der Waals surface area contributed by atoms with Gasteiger partial charge in [-0.1, -0.05) is 41.9 Å². The van der Waals surface area contributed by atoms with Crippen LogP contribution in [-0.4, -0.2) is 17.4 Å². The molecular formula is C18H22Cl2N2O. The second-order valence-corrected chi connectivity index (χ2v) is 5.67. The van der Waals surface area contributed by atoms with E-state index < -0.39 is 0 Å². The molecule has 0 spiro atoms. The van der Waals surface area contributed by atoms with Crippen LogP contribution in [0.15, 0.2) is 48.5 Å². The number of aryl methyl sites for hydroxylation is 1. The van der Waals surface area contributed by atoms with Crippen molar-refractivity contribution in [3.05, 3.63) is 64.7 Å². The minimum absolute atomic E-state index is 0. The van der Waals surface area contributed by atoms with E-state index in [2.05, 4.69) is 0 Å². The molecule has 0 unspecified atom stereocenters. The summed E-state index contributed by atoms with van der Waals surface area (Å²) in [5.41, 5.74) is 8.73. The average Bonchev–Trinajstić information content (AvgIpc) is 2.51. The number of hydrogen-bond donors (Lipinski definition) is 1.